The van der Waals surface area contributed by atoms with Gasteiger partial charge in [0.05, 0.1) is 5.25 Å². The van der Waals surface area contributed by atoms with E-state index in [0.29, 0.717) is 0 Å². The average molecular weight is 314 g/mol. The summed E-state index contributed by atoms with van der Waals surface area (Å²) >= 11 is 1.57. The number of thioether (sulfide) groups is 1. The molecule has 1 unspecified atom stereocenters. The van der Waals surface area contributed by atoms with Crippen LogP contribution in [0.2, 0.25) is 0 Å². The third kappa shape index (κ3) is 4.28. The average Bonchev–Trinajstić information content (AvgIpc) is 2.49. The van der Waals surface area contributed by atoms with Gasteiger partial charge in [-0.1, -0.05) is 24.6 Å². The van der Waals surface area contributed by atoms with Gasteiger partial charge in [0.25, 0.3) is 0 Å². The summed E-state index contributed by atoms with van der Waals surface area (Å²) in [6, 6.07) is 13.7. The molecular weight excluding hydrogens is 292 g/mol. The maximum Gasteiger partial charge on any atom is 0.237 e. The molecule has 116 valence electrons. The molecule has 4 heteroatoms. The van der Waals surface area contributed by atoms with Crippen molar-refractivity contribution in [1.29, 1.82) is 0 Å². The molecular formula is C18H22N2OS. The second-order valence-electron chi connectivity index (χ2n) is 5.39. The van der Waals surface area contributed by atoms with Gasteiger partial charge in [-0.2, -0.15) is 0 Å². The molecule has 22 heavy (non-hydrogen) atoms. The van der Waals surface area contributed by atoms with Crippen LogP contribution < -0.4 is 11.1 Å². The number of amides is 1. The Morgan fingerprint density at radius 2 is 1.86 bits per heavy atom. The Balaban J connectivity index is 2.06. The number of nitrogen functional groups attached to an aromatic ring is 1. The molecule has 0 fully saturated rings. The maximum absolute atomic E-state index is 12.5. The zero-order chi connectivity index (χ0) is 16.1. The number of nitrogens with one attached hydrogen (secondary N) is 1. The van der Waals surface area contributed by atoms with Gasteiger partial charge in [-0.15, -0.1) is 11.8 Å². The Hall–Kier alpha value is -1.94. The van der Waals surface area contributed by atoms with Crippen molar-refractivity contribution in [3.05, 3.63) is 53.6 Å². The molecule has 2 aromatic rings. The number of nitrogens with two attached hydrogens (primary N) is 1. The summed E-state index contributed by atoms with van der Waals surface area (Å²) in [6.45, 7) is 6.08. The highest BCUT2D eigenvalue weighted by molar-refractivity contribution is 8.00. The smallest absolute Gasteiger partial charge is 0.237 e. The molecule has 0 saturated carbocycles. The molecule has 0 aliphatic carbocycles. The Kier molecular flexibility index (Phi) is 5.50. The van der Waals surface area contributed by atoms with E-state index in [-0.39, 0.29) is 11.2 Å². The Bertz CT molecular complexity index is 653. The van der Waals surface area contributed by atoms with Crippen molar-refractivity contribution in [3.63, 3.8) is 0 Å². The summed E-state index contributed by atoms with van der Waals surface area (Å²) in [4.78, 5) is 13.5. The van der Waals surface area contributed by atoms with Crippen LogP contribution >= 0.6 is 11.8 Å². The normalized spacial score (nSPS) is 12.0. The van der Waals surface area contributed by atoms with Gasteiger partial charge in [-0.3, -0.25) is 4.79 Å². The Morgan fingerprint density at radius 1 is 1.18 bits per heavy atom. The first-order chi connectivity index (χ1) is 10.5. The van der Waals surface area contributed by atoms with Gasteiger partial charge in [0, 0.05) is 16.3 Å². The van der Waals surface area contributed by atoms with E-state index in [4.69, 9.17) is 5.73 Å². The van der Waals surface area contributed by atoms with Crippen molar-refractivity contribution in [1.82, 2.24) is 0 Å². The van der Waals surface area contributed by atoms with Gasteiger partial charge in [0.2, 0.25) is 5.91 Å². The molecule has 0 aromatic heterocycles. The number of hydrogen-bond donors (Lipinski definition) is 2. The molecule has 0 radical (unpaired) electrons. The lowest BCUT2D eigenvalue weighted by atomic mass is 10.1. The second-order valence-corrected chi connectivity index (χ2v) is 6.67. The topological polar surface area (TPSA) is 55.1 Å². The summed E-state index contributed by atoms with van der Waals surface area (Å²) in [6.07, 6.45) is 0.770. The predicted molar refractivity (Wildman–Crippen MR) is 95.3 cm³/mol. The fourth-order valence-corrected chi connectivity index (χ4v) is 3.15. The standard InChI is InChI=1S/C18H22N2OS/c1-4-17(22-15-8-6-14(19)7-9-15)18(21)20-16-10-5-12(2)11-13(16)3/h5-11,17H,4,19H2,1-3H3,(H,20,21). The van der Waals surface area contributed by atoms with Crippen LogP contribution in [-0.2, 0) is 4.79 Å². The van der Waals surface area contributed by atoms with Crippen LogP contribution in [0.3, 0.4) is 0 Å². The summed E-state index contributed by atoms with van der Waals surface area (Å²) in [5.41, 5.74) is 9.58. The maximum atomic E-state index is 12.5. The van der Waals surface area contributed by atoms with Gasteiger partial charge in [0.1, 0.15) is 0 Å². The quantitative estimate of drug-likeness (QED) is 0.635. The zero-order valence-electron chi connectivity index (χ0n) is 13.2. The lowest BCUT2D eigenvalue weighted by Gasteiger charge is -2.16. The summed E-state index contributed by atoms with van der Waals surface area (Å²) in [5.74, 6) is 0.0382. The van der Waals surface area contributed by atoms with Gasteiger partial charge in [-0.25, -0.2) is 0 Å². The fourth-order valence-electron chi connectivity index (χ4n) is 2.20. The van der Waals surface area contributed by atoms with Gasteiger partial charge in [0.15, 0.2) is 0 Å². The van der Waals surface area contributed by atoms with Crippen molar-refractivity contribution < 1.29 is 4.79 Å². The monoisotopic (exact) mass is 314 g/mol. The van der Waals surface area contributed by atoms with Crippen LogP contribution in [0.5, 0.6) is 0 Å². The minimum Gasteiger partial charge on any atom is -0.399 e. The molecule has 0 spiro atoms. The van der Waals surface area contributed by atoms with E-state index < -0.39 is 0 Å². The summed E-state index contributed by atoms with van der Waals surface area (Å²) in [5, 5.41) is 2.91. The third-order valence-electron chi connectivity index (χ3n) is 3.46. The molecule has 3 nitrogen and oxygen atoms in total. The predicted octanol–water partition coefficient (Wildman–Crippen LogP) is 4.40. The highest BCUT2D eigenvalue weighted by Gasteiger charge is 2.18. The lowest BCUT2D eigenvalue weighted by molar-refractivity contribution is -0.115. The van der Waals surface area contributed by atoms with E-state index in [9.17, 15) is 4.79 Å². The SMILES string of the molecule is CCC(Sc1ccc(N)cc1)C(=O)Nc1ccc(C)cc1C. The highest BCUT2D eigenvalue weighted by Crippen LogP contribution is 2.27. The number of anilines is 2. The van der Waals surface area contributed by atoms with Crippen LogP contribution in [-0.4, -0.2) is 11.2 Å². The summed E-state index contributed by atoms with van der Waals surface area (Å²) in [7, 11) is 0. The number of carbonyl (C=O) groups is 1. The van der Waals surface area contributed by atoms with Crippen LogP contribution in [0.1, 0.15) is 24.5 Å². The number of rotatable bonds is 5. The fraction of sp³-hybridized carbons (Fsp3) is 0.278. The van der Waals surface area contributed by atoms with Gasteiger partial charge < -0.3 is 11.1 Å². The molecule has 3 N–H and O–H groups in total. The van der Waals surface area contributed by atoms with Crippen molar-refractivity contribution in [2.24, 2.45) is 0 Å². The number of aryl methyl sites for hydroxylation is 2. The lowest BCUT2D eigenvalue weighted by Crippen LogP contribution is -2.24. The first-order valence-corrected chi connectivity index (χ1v) is 8.28. The van der Waals surface area contributed by atoms with Crippen molar-refractivity contribution in [2.75, 3.05) is 11.1 Å². The van der Waals surface area contributed by atoms with Crippen molar-refractivity contribution in [3.8, 4) is 0 Å². The molecule has 1 amide bonds. The van der Waals surface area contributed by atoms with E-state index in [1.807, 2.05) is 57.2 Å². The van der Waals surface area contributed by atoms with E-state index in [2.05, 4.69) is 11.4 Å². The third-order valence-corrected chi connectivity index (χ3v) is 4.84. The largest absolute Gasteiger partial charge is 0.399 e. The number of hydrogen-bond acceptors (Lipinski definition) is 3. The zero-order valence-corrected chi connectivity index (χ0v) is 14.0. The Morgan fingerprint density at radius 3 is 2.45 bits per heavy atom. The highest BCUT2D eigenvalue weighted by atomic mass is 32.2. The van der Waals surface area contributed by atoms with Gasteiger partial charge >= 0.3 is 0 Å². The first-order valence-electron chi connectivity index (χ1n) is 7.40. The molecule has 0 aliphatic rings. The molecule has 0 heterocycles. The van der Waals surface area contributed by atoms with E-state index in [0.717, 1.165) is 28.3 Å². The number of benzene rings is 2. The van der Waals surface area contributed by atoms with E-state index in [1.165, 1.54) is 5.56 Å². The molecule has 1 atom stereocenters. The molecule has 2 rings (SSSR count). The molecule has 0 saturated heterocycles. The first kappa shape index (κ1) is 16.4. The van der Waals surface area contributed by atoms with E-state index >= 15 is 0 Å². The molecule has 2 aromatic carbocycles. The van der Waals surface area contributed by atoms with Crippen molar-refractivity contribution in [2.45, 2.75) is 37.3 Å². The minimum atomic E-state index is -0.121. The van der Waals surface area contributed by atoms with Crippen molar-refractivity contribution >= 4 is 29.0 Å². The molecule has 0 aliphatic heterocycles. The van der Waals surface area contributed by atoms with Crippen LogP contribution in [0.4, 0.5) is 11.4 Å². The van der Waals surface area contributed by atoms with Crippen LogP contribution in [0.25, 0.3) is 0 Å². The second kappa shape index (κ2) is 7.36. The number of carbonyl (C=O) groups excluding carboxylic acids is 1. The summed E-state index contributed by atoms with van der Waals surface area (Å²) < 4.78 is 0. The van der Waals surface area contributed by atoms with E-state index in [1.54, 1.807) is 11.8 Å². The van der Waals surface area contributed by atoms with Crippen LogP contribution in [0.15, 0.2) is 47.4 Å². The Labute approximate surface area is 136 Å². The van der Waals surface area contributed by atoms with Gasteiger partial charge in [-0.05, 0) is 56.2 Å². The minimum absolute atomic E-state index is 0.0382. The molecule has 0 bridgehead atoms. The van der Waals surface area contributed by atoms with Crippen LogP contribution in [0, 0.1) is 13.8 Å².